The minimum Gasteiger partial charge on any atom is -0.338 e. The van der Waals surface area contributed by atoms with Gasteiger partial charge in [0.15, 0.2) is 0 Å². The van der Waals surface area contributed by atoms with Crippen LogP contribution in [0.15, 0.2) is 18.2 Å². The molecule has 3 rings (SSSR count). The highest BCUT2D eigenvalue weighted by atomic mass is 35.5. The smallest absolute Gasteiger partial charge is 0.253 e. The minimum atomic E-state index is -0.480. The average molecular weight is 268 g/mol. The van der Waals surface area contributed by atoms with E-state index < -0.39 is 5.82 Å². The summed E-state index contributed by atoms with van der Waals surface area (Å²) < 4.78 is 13.1. The van der Waals surface area contributed by atoms with Crippen LogP contribution >= 0.6 is 11.6 Å². The van der Waals surface area contributed by atoms with E-state index in [0.717, 1.165) is 13.1 Å². The van der Waals surface area contributed by atoms with Crippen molar-refractivity contribution in [3.05, 3.63) is 34.6 Å². The molecule has 1 aliphatic heterocycles. The third kappa shape index (κ3) is 2.12. The molecule has 1 saturated carbocycles. The summed E-state index contributed by atoms with van der Waals surface area (Å²) in [5.74, 6) is 0.813. The van der Waals surface area contributed by atoms with Gasteiger partial charge in [0.1, 0.15) is 5.82 Å². The zero-order valence-electron chi connectivity index (χ0n) is 10.0. The molecule has 0 aromatic heterocycles. The van der Waals surface area contributed by atoms with Crippen molar-refractivity contribution in [3.8, 4) is 0 Å². The van der Waals surface area contributed by atoms with Gasteiger partial charge >= 0.3 is 0 Å². The molecule has 2 fully saturated rings. The summed E-state index contributed by atoms with van der Waals surface area (Å²) in [6.45, 7) is 1.68. The van der Waals surface area contributed by atoms with Crippen LogP contribution in [0.2, 0.25) is 5.02 Å². The minimum absolute atomic E-state index is 0.0147. The molecule has 1 heterocycles. The maximum atomic E-state index is 13.1. The van der Waals surface area contributed by atoms with Crippen LogP contribution in [0.25, 0.3) is 0 Å². The number of fused-ring (bicyclic) bond motifs is 2. The monoisotopic (exact) mass is 267 g/mol. The molecular formula is C14H15ClFNO. The zero-order chi connectivity index (χ0) is 12.7. The third-order valence-electron chi connectivity index (χ3n) is 4.06. The van der Waals surface area contributed by atoms with Gasteiger partial charge in [0.2, 0.25) is 0 Å². The van der Waals surface area contributed by atoms with Crippen molar-refractivity contribution in [3.63, 3.8) is 0 Å². The largest absolute Gasteiger partial charge is 0.338 e. The molecule has 96 valence electrons. The summed E-state index contributed by atoms with van der Waals surface area (Å²) in [6, 6.07) is 4.20. The van der Waals surface area contributed by atoms with Crippen LogP contribution in [0.3, 0.4) is 0 Å². The van der Waals surface area contributed by atoms with Crippen LogP contribution in [-0.2, 0) is 0 Å². The van der Waals surface area contributed by atoms with Gasteiger partial charge in [-0.15, -0.1) is 0 Å². The Labute approximate surface area is 111 Å². The van der Waals surface area contributed by atoms with Gasteiger partial charge in [0.05, 0.1) is 5.02 Å². The summed E-state index contributed by atoms with van der Waals surface area (Å²) in [5.41, 5.74) is 0.489. The summed E-state index contributed by atoms with van der Waals surface area (Å²) in [7, 11) is 0. The number of carbonyl (C=O) groups is 1. The molecule has 0 radical (unpaired) electrons. The molecule has 1 amide bonds. The number of carbonyl (C=O) groups excluding carboxylic acids is 1. The lowest BCUT2D eigenvalue weighted by molar-refractivity contribution is 0.0662. The van der Waals surface area contributed by atoms with Crippen LogP contribution in [-0.4, -0.2) is 23.9 Å². The Morgan fingerprint density at radius 2 is 1.94 bits per heavy atom. The lowest BCUT2D eigenvalue weighted by atomic mass is 9.98. The molecule has 18 heavy (non-hydrogen) atoms. The number of piperidine rings is 1. The fraction of sp³-hybridized carbons (Fsp3) is 0.500. The first-order chi connectivity index (χ1) is 8.63. The van der Waals surface area contributed by atoms with E-state index in [1.54, 1.807) is 0 Å². The molecule has 0 N–H and O–H groups in total. The van der Waals surface area contributed by atoms with Crippen LogP contribution in [0, 0.1) is 17.7 Å². The second-order valence-corrected chi connectivity index (χ2v) is 5.79. The van der Waals surface area contributed by atoms with Crippen molar-refractivity contribution in [1.29, 1.82) is 0 Å². The second kappa shape index (κ2) is 4.54. The van der Waals surface area contributed by atoms with Gasteiger partial charge in [0.25, 0.3) is 5.91 Å². The van der Waals surface area contributed by atoms with Gasteiger partial charge in [-0.25, -0.2) is 4.39 Å². The zero-order valence-corrected chi connectivity index (χ0v) is 10.8. The first-order valence-corrected chi connectivity index (χ1v) is 6.75. The Balaban J connectivity index is 1.79. The molecule has 4 heteroatoms. The fourth-order valence-corrected chi connectivity index (χ4v) is 3.37. The highest BCUT2D eigenvalue weighted by molar-refractivity contribution is 6.31. The molecule has 2 bridgehead atoms. The van der Waals surface area contributed by atoms with Crippen molar-refractivity contribution in [1.82, 2.24) is 4.90 Å². The van der Waals surface area contributed by atoms with Gasteiger partial charge in [-0.2, -0.15) is 0 Å². The predicted octanol–water partition coefficient (Wildman–Crippen LogP) is 3.35. The van der Waals surface area contributed by atoms with Crippen LogP contribution < -0.4 is 0 Å². The SMILES string of the molecule is O=C(c1ccc(F)c(Cl)c1)N1C[C@@H]2CC[C@@H](C2)C1. The Bertz CT molecular complexity index is 479. The maximum absolute atomic E-state index is 13.1. The lowest BCUT2D eigenvalue weighted by Crippen LogP contribution is -2.40. The highest BCUT2D eigenvalue weighted by Crippen LogP contribution is 2.36. The van der Waals surface area contributed by atoms with Crippen molar-refractivity contribution in [2.75, 3.05) is 13.1 Å². The van der Waals surface area contributed by atoms with Gasteiger partial charge in [-0.05, 0) is 49.3 Å². The highest BCUT2D eigenvalue weighted by Gasteiger charge is 2.35. The third-order valence-corrected chi connectivity index (χ3v) is 4.35. The van der Waals surface area contributed by atoms with Crippen LogP contribution in [0.4, 0.5) is 4.39 Å². The lowest BCUT2D eigenvalue weighted by Gasteiger charge is -2.31. The number of hydrogen-bond donors (Lipinski definition) is 0. The fourth-order valence-electron chi connectivity index (χ4n) is 3.19. The normalized spacial score (nSPS) is 26.4. The quantitative estimate of drug-likeness (QED) is 0.764. The maximum Gasteiger partial charge on any atom is 0.253 e. The number of hydrogen-bond acceptors (Lipinski definition) is 1. The van der Waals surface area contributed by atoms with E-state index in [-0.39, 0.29) is 10.9 Å². The van der Waals surface area contributed by atoms with E-state index in [2.05, 4.69) is 0 Å². The standard InChI is InChI=1S/C14H15ClFNO/c15-12-6-11(3-4-13(12)16)14(18)17-7-9-1-2-10(5-9)8-17/h3-4,6,9-10H,1-2,5,7-8H2/t9-,10+. The number of benzene rings is 1. The van der Waals surface area contributed by atoms with Gasteiger partial charge in [-0.1, -0.05) is 11.6 Å². The van der Waals surface area contributed by atoms with E-state index in [0.29, 0.717) is 17.4 Å². The van der Waals surface area contributed by atoms with Crippen molar-refractivity contribution >= 4 is 17.5 Å². The van der Waals surface area contributed by atoms with E-state index in [9.17, 15) is 9.18 Å². The first kappa shape index (κ1) is 12.0. The predicted molar refractivity (Wildman–Crippen MR) is 68.1 cm³/mol. The van der Waals surface area contributed by atoms with Gasteiger partial charge in [-0.3, -0.25) is 4.79 Å². The molecule has 0 spiro atoms. The molecule has 1 aromatic carbocycles. The molecule has 2 aliphatic rings. The van der Waals surface area contributed by atoms with Crippen molar-refractivity contribution in [2.45, 2.75) is 19.3 Å². The van der Waals surface area contributed by atoms with Crippen molar-refractivity contribution < 1.29 is 9.18 Å². The van der Waals surface area contributed by atoms with E-state index in [1.165, 1.54) is 37.5 Å². The molecule has 2 atom stereocenters. The van der Waals surface area contributed by atoms with Gasteiger partial charge in [0, 0.05) is 18.7 Å². The molecule has 0 unspecified atom stereocenters. The Morgan fingerprint density at radius 3 is 2.56 bits per heavy atom. The number of halogens is 2. The number of likely N-dealkylation sites (tertiary alicyclic amines) is 1. The topological polar surface area (TPSA) is 20.3 Å². The summed E-state index contributed by atoms with van der Waals surface area (Å²) in [4.78, 5) is 14.2. The Morgan fingerprint density at radius 1 is 1.28 bits per heavy atom. The van der Waals surface area contributed by atoms with Crippen molar-refractivity contribution in [2.24, 2.45) is 11.8 Å². The molecular weight excluding hydrogens is 253 g/mol. The van der Waals surface area contributed by atoms with E-state index in [1.807, 2.05) is 4.90 Å². The molecule has 2 nitrogen and oxygen atoms in total. The summed E-state index contributed by atoms with van der Waals surface area (Å²) >= 11 is 5.72. The van der Waals surface area contributed by atoms with E-state index in [4.69, 9.17) is 11.6 Å². The number of nitrogens with zero attached hydrogens (tertiary/aromatic N) is 1. The second-order valence-electron chi connectivity index (χ2n) is 5.38. The number of amides is 1. The molecule has 1 saturated heterocycles. The molecule has 1 aromatic rings. The summed E-state index contributed by atoms with van der Waals surface area (Å²) in [5, 5.41) is 0.0147. The summed E-state index contributed by atoms with van der Waals surface area (Å²) in [6.07, 6.45) is 3.73. The first-order valence-electron chi connectivity index (χ1n) is 6.38. The Hall–Kier alpha value is -1.09. The Kier molecular flexibility index (Phi) is 3.02. The van der Waals surface area contributed by atoms with Crippen LogP contribution in [0.1, 0.15) is 29.6 Å². The van der Waals surface area contributed by atoms with Crippen LogP contribution in [0.5, 0.6) is 0 Å². The van der Waals surface area contributed by atoms with Gasteiger partial charge < -0.3 is 4.90 Å². The average Bonchev–Trinajstić information content (AvgIpc) is 2.71. The molecule has 1 aliphatic carbocycles. The van der Waals surface area contributed by atoms with E-state index >= 15 is 0 Å². The number of rotatable bonds is 1.